The second-order valence-electron chi connectivity index (χ2n) is 4.99. The molecule has 0 unspecified atom stereocenters. The molecular weight excluding hydrogens is 215 g/mol. The van der Waals surface area contributed by atoms with Gasteiger partial charge in [-0.1, -0.05) is 27.7 Å². The molecule has 0 atom stereocenters. The fourth-order valence-corrected chi connectivity index (χ4v) is 20.1. The van der Waals surface area contributed by atoms with Crippen molar-refractivity contribution in [3.8, 4) is 0 Å². The number of hydrogen-bond donors (Lipinski definition) is 0. The van der Waals surface area contributed by atoms with Crippen LogP contribution in [0.1, 0.15) is 27.7 Å². The van der Waals surface area contributed by atoms with E-state index >= 15 is 0 Å². The molecule has 0 fully saturated rings. The van der Waals surface area contributed by atoms with Crippen molar-refractivity contribution in [2.45, 2.75) is 38.2 Å². The van der Waals surface area contributed by atoms with Crippen LogP contribution in [0.5, 0.6) is 0 Å². The molecule has 0 aromatic heterocycles. The average molecular weight is 242 g/mol. The van der Waals surface area contributed by atoms with Crippen LogP contribution < -0.4 is 0 Å². The second kappa shape index (κ2) is 4.77. The summed E-state index contributed by atoms with van der Waals surface area (Å²) in [4.78, 5) is 0. The van der Waals surface area contributed by atoms with Crippen LogP contribution in [0.2, 0.25) is 0 Å². The quantitative estimate of drug-likeness (QED) is 0.639. The van der Waals surface area contributed by atoms with Gasteiger partial charge in [0.05, 0.1) is 0 Å². The topological polar surface area (TPSA) is 0 Å². The third kappa shape index (κ3) is 4.44. The maximum atomic E-state index is 2.51. The van der Waals surface area contributed by atoms with Crippen LogP contribution in [-0.2, 0) is 0 Å². The Hall–Kier alpha value is 1.13. The first-order valence-corrected chi connectivity index (χ1v) is 12.3. The molecule has 0 aliphatic carbocycles. The van der Waals surface area contributed by atoms with E-state index in [4.69, 9.17) is 0 Å². The Balaban J connectivity index is 4.42. The summed E-state index contributed by atoms with van der Waals surface area (Å²) >= 11 is 0. The fourth-order valence-electron chi connectivity index (χ4n) is 0.746. The molecule has 0 aromatic rings. The van der Waals surface area contributed by atoms with Gasteiger partial charge in [-0.25, -0.2) is 19.3 Å². The van der Waals surface area contributed by atoms with Crippen molar-refractivity contribution in [1.29, 1.82) is 0 Å². The molecular formula is C10H27PS2. The Kier molecular flexibility index (Phi) is 5.18. The molecule has 0 amide bonds. The Morgan fingerprint density at radius 3 is 1.08 bits per heavy atom. The molecule has 0 nitrogen and oxygen atoms in total. The van der Waals surface area contributed by atoms with Gasteiger partial charge in [-0.2, -0.15) is 0 Å². The minimum atomic E-state index is -0.336. The highest BCUT2D eigenvalue weighted by Gasteiger charge is 2.26. The van der Waals surface area contributed by atoms with E-state index in [1.807, 2.05) is 0 Å². The smallest absolute Gasteiger partial charge is 0.0135 e. The van der Waals surface area contributed by atoms with E-state index < -0.39 is 0 Å². The minimum absolute atomic E-state index is 0.336. The highest BCUT2D eigenvalue weighted by atomic mass is 33.1. The lowest BCUT2D eigenvalue weighted by Crippen LogP contribution is -2.09. The predicted octanol–water partition coefficient (Wildman–Crippen LogP) is 4.44. The lowest BCUT2D eigenvalue weighted by molar-refractivity contribution is 1.10. The lowest BCUT2D eigenvalue weighted by Gasteiger charge is -2.47. The second-order valence-corrected chi connectivity index (χ2v) is 21.0. The first-order valence-electron chi connectivity index (χ1n) is 4.82. The largest absolute Gasteiger partial charge is 0.219 e. The van der Waals surface area contributed by atoms with E-state index in [2.05, 4.69) is 52.7 Å². The molecule has 0 spiro atoms. The minimum Gasteiger partial charge on any atom is -0.219 e. The molecule has 0 N–H and O–H groups in total. The van der Waals surface area contributed by atoms with Crippen molar-refractivity contribution in [1.82, 2.24) is 0 Å². The first-order chi connectivity index (χ1) is 5.59. The van der Waals surface area contributed by atoms with Gasteiger partial charge in [-0.05, 0) is 42.5 Å². The maximum absolute atomic E-state index is 2.51. The Labute approximate surface area is 89.6 Å². The summed E-state index contributed by atoms with van der Waals surface area (Å²) in [6.07, 6.45) is 10.0. The third-order valence-corrected chi connectivity index (χ3v) is 21.5. The van der Waals surface area contributed by atoms with Crippen LogP contribution in [0.3, 0.4) is 0 Å². The summed E-state index contributed by atoms with van der Waals surface area (Å²) < 4.78 is 0. The Morgan fingerprint density at radius 1 is 0.692 bits per heavy atom. The summed E-state index contributed by atoms with van der Waals surface area (Å²) in [6, 6.07) is 0. The highest BCUT2D eigenvalue weighted by Crippen LogP contribution is 2.80. The molecule has 0 heterocycles. The molecule has 0 saturated carbocycles. The summed E-state index contributed by atoms with van der Waals surface area (Å²) in [5, 5.41) is 1.77. The molecule has 0 aliphatic rings. The summed E-state index contributed by atoms with van der Waals surface area (Å²) in [6.45, 7) is 10.8. The van der Waals surface area contributed by atoms with Crippen molar-refractivity contribution in [3.05, 3.63) is 0 Å². The molecule has 84 valence electrons. The van der Waals surface area contributed by atoms with Crippen LogP contribution in [0.4, 0.5) is 0 Å². The van der Waals surface area contributed by atoms with Crippen molar-refractivity contribution in [2.75, 3.05) is 25.0 Å². The monoisotopic (exact) mass is 242 g/mol. The van der Waals surface area contributed by atoms with Crippen LogP contribution in [0, 0.1) is 0 Å². The Morgan fingerprint density at radius 2 is 0.923 bits per heavy atom. The van der Waals surface area contributed by atoms with Gasteiger partial charge in [0, 0.05) is 0 Å². The van der Waals surface area contributed by atoms with Crippen molar-refractivity contribution < 1.29 is 0 Å². The van der Waals surface area contributed by atoms with Crippen molar-refractivity contribution in [2.24, 2.45) is 0 Å². The SMILES string of the molecule is CC(C)S(C)(C)PS(C)(C)C(C)C. The van der Waals surface area contributed by atoms with Crippen molar-refractivity contribution in [3.63, 3.8) is 0 Å². The molecule has 0 saturated heterocycles. The standard InChI is InChI=1S/C10H27PS2/c1-9(2)12(5,6)11-13(7,8)10(3)4/h9-11H,1-8H3. The molecule has 3 heteroatoms. The van der Waals surface area contributed by atoms with Gasteiger partial charge < -0.3 is 0 Å². The summed E-state index contributed by atoms with van der Waals surface area (Å²) in [7, 11) is -0.672. The van der Waals surface area contributed by atoms with Crippen LogP contribution >= 0.6 is 26.3 Å². The molecule has 0 bridgehead atoms. The highest BCUT2D eigenvalue weighted by molar-refractivity contribution is 9.03. The average Bonchev–Trinajstić information content (AvgIpc) is 1.83. The normalized spacial score (nSPS) is 16.8. The maximum Gasteiger partial charge on any atom is -0.0135 e. The predicted molar refractivity (Wildman–Crippen MR) is 77.5 cm³/mol. The molecule has 0 rings (SSSR count). The zero-order valence-corrected chi connectivity index (χ0v) is 13.1. The van der Waals surface area contributed by atoms with Gasteiger partial charge >= 0.3 is 0 Å². The van der Waals surface area contributed by atoms with E-state index in [1.165, 1.54) is 6.98 Å². The van der Waals surface area contributed by atoms with E-state index in [9.17, 15) is 0 Å². The molecule has 0 radical (unpaired) electrons. The number of hydrogen-bond acceptors (Lipinski definition) is 0. The summed E-state index contributed by atoms with van der Waals surface area (Å²) in [5.41, 5.74) is 0. The summed E-state index contributed by atoms with van der Waals surface area (Å²) in [5.74, 6) is 0. The van der Waals surface area contributed by atoms with E-state index in [0.717, 1.165) is 10.5 Å². The zero-order valence-electron chi connectivity index (χ0n) is 10.5. The van der Waals surface area contributed by atoms with Crippen LogP contribution in [0.15, 0.2) is 0 Å². The first kappa shape index (κ1) is 14.1. The van der Waals surface area contributed by atoms with Gasteiger partial charge in [0.25, 0.3) is 0 Å². The van der Waals surface area contributed by atoms with Crippen LogP contribution in [-0.4, -0.2) is 35.5 Å². The lowest BCUT2D eigenvalue weighted by atomic mass is 10.6. The molecule has 13 heavy (non-hydrogen) atoms. The van der Waals surface area contributed by atoms with Crippen molar-refractivity contribution >= 4 is 26.3 Å². The fraction of sp³-hybridized carbons (Fsp3) is 1.00. The van der Waals surface area contributed by atoms with Crippen LogP contribution in [0.25, 0.3) is 0 Å². The molecule has 0 aliphatic heterocycles. The van der Waals surface area contributed by atoms with Gasteiger partial charge in [0.15, 0.2) is 0 Å². The zero-order chi connectivity index (χ0) is 10.9. The van der Waals surface area contributed by atoms with Gasteiger partial charge in [0.1, 0.15) is 0 Å². The molecule has 0 aromatic carbocycles. The van der Waals surface area contributed by atoms with E-state index in [-0.39, 0.29) is 19.3 Å². The Bertz CT molecular complexity index is 144. The third-order valence-electron chi connectivity index (χ3n) is 2.79. The van der Waals surface area contributed by atoms with Gasteiger partial charge in [-0.3, -0.25) is 0 Å². The van der Waals surface area contributed by atoms with E-state index in [1.54, 1.807) is 0 Å². The van der Waals surface area contributed by atoms with Gasteiger partial charge in [0.2, 0.25) is 0 Å². The van der Waals surface area contributed by atoms with E-state index in [0.29, 0.717) is 0 Å². The van der Waals surface area contributed by atoms with Gasteiger partial charge in [-0.15, -0.1) is 0 Å². The number of rotatable bonds is 4.